The quantitative estimate of drug-likeness (QED) is 0.552. The third-order valence-corrected chi connectivity index (χ3v) is 5.28. The standard InChI is InChI=1S/C20H13N3O2S/c24-19-17(26-20-21-12-22-23(19)20)11-15-10-14-8-4-5-9-16(14)25-18(15)13-6-2-1-3-7-13/h1-12,18H/b17-11+. The molecule has 4 aromatic rings. The number of thiazole rings is 1. The van der Waals surface area contributed by atoms with Crippen LogP contribution in [0.15, 0.2) is 71.3 Å². The molecule has 5 rings (SSSR count). The number of aromatic nitrogens is 3. The minimum absolute atomic E-state index is 0.158. The topological polar surface area (TPSA) is 56.5 Å². The first-order valence-corrected chi connectivity index (χ1v) is 8.98. The van der Waals surface area contributed by atoms with Gasteiger partial charge in [-0.25, -0.2) is 4.98 Å². The molecule has 126 valence electrons. The molecular formula is C20H13N3O2S. The summed E-state index contributed by atoms with van der Waals surface area (Å²) in [4.78, 5) is 17.2. The first kappa shape index (κ1) is 15.0. The molecule has 0 saturated carbocycles. The van der Waals surface area contributed by atoms with E-state index in [4.69, 9.17) is 4.74 Å². The highest BCUT2D eigenvalue weighted by molar-refractivity contribution is 7.15. The normalized spacial score (nSPS) is 17.0. The Balaban J connectivity index is 1.71. The zero-order valence-electron chi connectivity index (χ0n) is 13.6. The molecule has 0 aliphatic carbocycles. The van der Waals surface area contributed by atoms with Crippen molar-refractivity contribution in [3.8, 4) is 5.75 Å². The predicted molar refractivity (Wildman–Crippen MR) is 101 cm³/mol. The average molecular weight is 359 g/mol. The van der Waals surface area contributed by atoms with E-state index in [1.54, 1.807) is 0 Å². The number of ether oxygens (including phenoxy) is 1. The summed E-state index contributed by atoms with van der Waals surface area (Å²) in [5, 5.41) is 3.98. The molecule has 1 aliphatic heterocycles. The highest BCUT2D eigenvalue weighted by Crippen LogP contribution is 2.37. The van der Waals surface area contributed by atoms with Gasteiger partial charge in [0.25, 0.3) is 5.56 Å². The van der Waals surface area contributed by atoms with Crippen molar-refractivity contribution >= 4 is 28.4 Å². The Kier molecular flexibility index (Phi) is 3.43. The second-order valence-corrected chi connectivity index (χ2v) is 6.97. The van der Waals surface area contributed by atoms with Gasteiger partial charge in [0.05, 0.1) is 4.53 Å². The van der Waals surface area contributed by atoms with Gasteiger partial charge in [-0.1, -0.05) is 59.9 Å². The van der Waals surface area contributed by atoms with Crippen LogP contribution >= 0.6 is 11.3 Å². The van der Waals surface area contributed by atoms with E-state index >= 15 is 0 Å². The number of fused-ring (bicyclic) bond motifs is 2. The molecule has 0 amide bonds. The van der Waals surface area contributed by atoms with Gasteiger partial charge < -0.3 is 4.74 Å². The van der Waals surface area contributed by atoms with E-state index in [1.807, 2.05) is 60.7 Å². The van der Waals surface area contributed by atoms with Gasteiger partial charge in [-0.15, -0.1) is 0 Å². The Labute approximate surface area is 152 Å². The van der Waals surface area contributed by atoms with E-state index in [1.165, 1.54) is 22.2 Å². The number of nitrogens with zero attached hydrogens (tertiary/aromatic N) is 3. The molecule has 1 unspecified atom stereocenters. The molecule has 0 saturated heterocycles. The van der Waals surface area contributed by atoms with E-state index in [2.05, 4.69) is 16.2 Å². The Morgan fingerprint density at radius 2 is 1.88 bits per heavy atom. The lowest BCUT2D eigenvalue weighted by Gasteiger charge is -2.26. The molecule has 0 N–H and O–H groups in total. The minimum atomic E-state index is -0.270. The average Bonchev–Trinajstić information content (AvgIpc) is 3.25. The van der Waals surface area contributed by atoms with Gasteiger partial charge in [0.1, 0.15) is 18.2 Å². The molecular weight excluding hydrogens is 346 g/mol. The van der Waals surface area contributed by atoms with Crippen LogP contribution in [-0.2, 0) is 0 Å². The fraction of sp³-hybridized carbons (Fsp3) is 0.0500. The van der Waals surface area contributed by atoms with Gasteiger partial charge in [-0.05, 0) is 29.4 Å². The van der Waals surface area contributed by atoms with E-state index in [0.717, 1.165) is 22.4 Å². The second-order valence-electron chi connectivity index (χ2n) is 5.96. The van der Waals surface area contributed by atoms with Gasteiger partial charge in [0.2, 0.25) is 4.96 Å². The maximum absolute atomic E-state index is 12.5. The lowest BCUT2D eigenvalue weighted by Crippen LogP contribution is -2.25. The summed E-state index contributed by atoms with van der Waals surface area (Å²) < 4.78 is 8.18. The summed E-state index contributed by atoms with van der Waals surface area (Å²) in [6.07, 6.45) is 5.08. The van der Waals surface area contributed by atoms with Gasteiger partial charge in [0.15, 0.2) is 0 Å². The van der Waals surface area contributed by atoms with Crippen LogP contribution in [0.5, 0.6) is 5.75 Å². The number of benzene rings is 2. The van der Waals surface area contributed by atoms with Gasteiger partial charge in [-0.2, -0.15) is 9.61 Å². The monoisotopic (exact) mass is 359 g/mol. The largest absolute Gasteiger partial charge is 0.480 e. The third-order valence-electron chi connectivity index (χ3n) is 4.31. The van der Waals surface area contributed by atoms with E-state index < -0.39 is 0 Å². The van der Waals surface area contributed by atoms with E-state index in [-0.39, 0.29) is 11.7 Å². The molecule has 0 fully saturated rings. The fourth-order valence-corrected chi connectivity index (χ4v) is 3.97. The molecule has 2 aromatic carbocycles. The van der Waals surface area contributed by atoms with Crippen LogP contribution < -0.4 is 14.8 Å². The number of hydrogen-bond acceptors (Lipinski definition) is 5. The van der Waals surface area contributed by atoms with Gasteiger partial charge in [-0.3, -0.25) is 4.79 Å². The van der Waals surface area contributed by atoms with Crippen molar-refractivity contribution < 1.29 is 4.74 Å². The Hall–Kier alpha value is -3.25. The first-order valence-electron chi connectivity index (χ1n) is 8.16. The van der Waals surface area contributed by atoms with Crippen molar-refractivity contribution in [1.82, 2.24) is 14.6 Å². The third kappa shape index (κ3) is 2.43. The molecule has 6 heteroatoms. The number of para-hydroxylation sites is 1. The van der Waals surface area contributed by atoms with Crippen LogP contribution in [0.3, 0.4) is 0 Å². The zero-order chi connectivity index (χ0) is 17.5. The molecule has 3 heterocycles. The van der Waals surface area contributed by atoms with Crippen LogP contribution in [-0.4, -0.2) is 14.6 Å². The summed E-state index contributed by atoms with van der Waals surface area (Å²) in [6, 6.07) is 17.9. The van der Waals surface area contributed by atoms with Crippen molar-refractivity contribution in [1.29, 1.82) is 0 Å². The predicted octanol–water partition coefficient (Wildman–Crippen LogP) is 2.87. The molecule has 26 heavy (non-hydrogen) atoms. The minimum Gasteiger partial charge on any atom is -0.480 e. The van der Waals surface area contributed by atoms with Crippen LogP contribution in [0.1, 0.15) is 17.2 Å². The summed E-state index contributed by atoms with van der Waals surface area (Å²) >= 11 is 1.33. The SMILES string of the molecule is O=c1/c(=C\C2=Cc3ccccc3OC2c2ccccc2)sc2ncnn12. The highest BCUT2D eigenvalue weighted by atomic mass is 32.1. The van der Waals surface area contributed by atoms with Crippen LogP contribution in [0.4, 0.5) is 0 Å². The molecule has 0 radical (unpaired) electrons. The summed E-state index contributed by atoms with van der Waals surface area (Å²) in [5.74, 6) is 0.837. The van der Waals surface area contributed by atoms with Crippen LogP contribution in [0.25, 0.3) is 17.1 Å². The number of hydrogen-bond donors (Lipinski definition) is 0. The van der Waals surface area contributed by atoms with Gasteiger partial charge in [0, 0.05) is 5.56 Å². The van der Waals surface area contributed by atoms with Crippen molar-refractivity contribution in [2.75, 3.05) is 0 Å². The van der Waals surface area contributed by atoms with Crippen molar-refractivity contribution in [3.63, 3.8) is 0 Å². The molecule has 0 bridgehead atoms. The van der Waals surface area contributed by atoms with Gasteiger partial charge >= 0.3 is 0 Å². The Morgan fingerprint density at radius 3 is 2.73 bits per heavy atom. The van der Waals surface area contributed by atoms with Crippen LogP contribution in [0.2, 0.25) is 0 Å². The number of rotatable bonds is 2. The lowest BCUT2D eigenvalue weighted by molar-refractivity contribution is 0.244. The van der Waals surface area contributed by atoms with E-state index in [9.17, 15) is 4.79 Å². The van der Waals surface area contributed by atoms with Crippen molar-refractivity contribution in [2.45, 2.75) is 6.10 Å². The Bertz CT molecular complexity index is 1240. The molecule has 5 nitrogen and oxygen atoms in total. The molecule has 0 spiro atoms. The maximum atomic E-state index is 12.5. The van der Waals surface area contributed by atoms with Crippen molar-refractivity contribution in [2.24, 2.45) is 0 Å². The summed E-state index contributed by atoms with van der Waals surface area (Å²) in [5.41, 5.74) is 2.81. The maximum Gasteiger partial charge on any atom is 0.291 e. The first-order chi connectivity index (χ1) is 12.8. The van der Waals surface area contributed by atoms with Crippen molar-refractivity contribution in [3.05, 3.63) is 92.5 Å². The fourth-order valence-electron chi connectivity index (χ4n) is 3.09. The zero-order valence-corrected chi connectivity index (χ0v) is 14.4. The smallest absolute Gasteiger partial charge is 0.291 e. The summed E-state index contributed by atoms with van der Waals surface area (Å²) in [7, 11) is 0. The molecule has 1 aliphatic rings. The van der Waals surface area contributed by atoms with E-state index in [0.29, 0.717) is 9.49 Å². The molecule has 1 atom stereocenters. The highest BCUT2D eigenvalue weighted by Gasteiger charge is 2.23. The molecule has 2 aromatic heterocycles. The Morgan fingerprint density at radius 1 is 1.08 bits per heavy atom. The lowest BCUT2D eigenvalue weighted by atomic mass is 9.96. The summed E-state index contributed by atoms with van der Waals surface area (Å²) in [6.45, 7) is 0. The second kappa shape index (κ2) is 5.93. The van der Waals surface area contributed by atoms with Crippen LogP contribution in [0, 0.1) is 0 Å².